The van der Waals surface area contributed by atoms with E-state index in [-0.39, 0.29) is 5.56 Å². The number of benzene rings is 1. The van der Waals surface area contributed by atoms with Crippen molar-refractivity contribution < 1.29 is 13.9 Å². The van der Waals surface area contributed by atoms with Crippen LogP contribution in [0.15, 0.2) is 41.0 Å². The zero-order valence-corrected chi connectivity index (χ0v) is 10.2. The first kappa shape index (κ1) is 12.1. The van der Waals surface area contributed by atoms with E-state index in [9.17, 15) is 13.9 Å². The molecule has 0 saturated carbocycles. The predicted octanol–water partition coefficient (Wildman–Crippen LogP) is 3.20. The third-order valence-corrected chi connectivity index (χ3v) is 2.92. The Hall–Kier alpha value is -1.33. The molecule has 0 amide bonds. The Morgan fingerprint density at radius 2 is 1.82 bits per heavy atom. The summed E-state index contributed by atoms with van der Waals surface area (Å²) in [6.07, 6.45) is 0.328. The molecule has 2 nitrogen and oxygen atoms in total. The highest BCUT2D eigenvalue weighted by Crippen LogP contribution is 2.27. The van der Waals surface area contributed by atoms with Crippen LogP contribution in [0.25, 0.3) is 0 Å². The molecule has 1 N–H and O–H groups in total. The first-order valence-corrected chi connectivity index (χ1v) is 5.61. The second kappa shape index (κ2) is 4.89. The molecule has 0 bridgehead atoms. The summed E-state index contributed by atoms with van der Waals surface area (Å²) in [5, 5.41) is 10.00. The van der Waals surface area contributed by atoms with Crippen LogP contribution in [-0.2, 0) is 0 Å². The van der Waals surface area contributed by atoms with Gasteiger partial charge in [0.05, 0.1) is 5.69 Å². The van der Waals surface area contributed by atoms with E-state index < -0.39 is 17.7 Å². The van der Waals surface area contributed by atoms with Gasteiger partial charge in [-0.05, 0) is 45.8 Å². The monoisotopic (exact) mass is 299 g/mol. The van der Waals surface area contributed by atoms with Crippen LogP contribution >= 0.6 is 15.9 Å². The Balaban J connectivity index is 2.43. The number of aliphatic hydroxyl groups is 1. The molecule has 1 heterocycles. The molecule has 2 aromatic rings. The standard InChI is InChI=1S/C12H8BrF2NO/c13-10-2-1-3-16-11(10)12(17)7-4-8(14)6-9(15)5-7/h1-6,12,17H. The van der Waals surface area contributed by atoms with Crippen molar-refractivity contribution in [1.82, 2.24) is 4.98 Å². The smallest absolute Gasteiger partial charge is 0.126 e. The Morgan fingerprint density at radius 1 is 1.18 bits per heavy atom. The largest absolute Gasteiger partial charge is 0.382 e. The Bertz CT molecular complexity index is 528. The van der Waals surface area contributed by atoms with E-state index in [0.717, 1.165) is 18.2 Å². The normalized spacial score (nSPS) is 12.5. The van der Waals surface area contributed by atoms with E-state index in [4.69, 9.17) is 0 Å². The number of pyridine rings is 1. The number of hydrogen-bond acceptors (Lipinski definition) is 2. The first-order chi connectivity index (χ1) is 8.08. The number of rotatable bonds is 2. The van der Waals surface area contributed by atoms with Crippen LogP contribution in [0.1, 0.15) is 17.4 Å². The Kier molecular flexibility index (Phi) is 3.49. The van der Waals surface area contributed by atoms with Crippen LogP contribution in [0.5, 0.6) is 0 Å². The van der Waals surface area contributed by atoms with E-state index in [1.807, 2.05) is 0 Å². The minimum Gasteiger partial charge on any atom is -0.382 e. The molecule has 88 valence electrons. The summed E-state index contributed by atoms with van der Waals surface area (Å²) >= 11 is 3.22. The fraction of sp³-hybridized carbons (Fsp3) is 0.0833. The van der Waals surface area contributed by atoms with E-state index in [1.54, 1.807) is 12.1 Å². The molecule has 0 aliphatic heterocycles. The molecule has 0 aliphatic carbocycles. The Labute approximate surface area is 105 Å². The summed E-state index contributed by atoms with van der Waals surface area (Å²) in [6, 6.07) is 6.29. The van der Waals surface area contributed by atoms with Gasteiger partial charge in [0.1, 0.15) is 17.7 Å². The summed E-state index contributed by atoms with van der Waals surface area (Å²) < 4.78 is 26.6. The molecule has 2 rings (SSSR count). The molecular weight excluding hydrogens is 292 g/mol. The van der Waals surface area contributed by atoms with E-state index >= 15 is 0 Å². The third kappa shape index (κ3) is 2.68. The van der Waals surface area contributed by atoms with Crippen molar-refractivity contribution in [2.45, 2.75) is 6.10 Å². The summed E-state index contributed by atoms with van der Waals surface area (Å²) in [6.45, 7) is 0. The molecule has 1 atom stereocenters. The maximum atomic E-state index is 13.0. The summed E-state index contributed by atoms with van der Waals surface area (Å²) in [5.41, 5.74) is 0.444. The van der Waals surface area contributed by atoms with Gasteiger partial charge in [-0.25, -0.2) is 8.78 Å². The van der Waals surface area contributed by atoms with E-state index in [0.29, 0.717) is 10.2 Å². The van der Waals surface area contributed by atoms with Crippen molar-refractivity contribution in [3.63, 3.8) is 0 Å². The minimum absolute atomic E-state index is 0.127. The highest BCUT2D eigenvalue weighted by atomic mass is 79.9. The molecular formula is C12H8BrF2NO. The van der Waals surface area contributed by atoms with Crippen molar-refractivity contribution in [3.8, 4) is 0 Å². The lowest BCUT2D eigenvalue weighted by atomic mass is 10.1. The van der Waals surface area contributed by atoms with Gasteiger partial charge in [-0.2, -0.15) is 0 Å². The maximum absolute atomic E-state index is 13.0. The molecule has 0 aliphatic rings. The molecule has 1 aromatic heterocycles. The van der Waals surface area contributed by atoms with Crippen LogP contribution in [0, 0.1) is 11.6 Å². The Morgan fingerprint density at radius 3 is 2.41 bits per heavy atom. The lowest BCUT2D eigenvalue weighted by molar-refractivity contribution is 0.213. The SMILES string of the molecule is OC(c1cc(F)cc(F)c1)c1ncccc1Br. The molecule has 0 spiro atoms. The van der Waals surface area contributed by atoms with Gasteiger partial charge in [-0.1, -0.05) is 0 Å². The predicted molar refractivity (Wildman–Crippen MR) is 62.4 cm³/mol. The van der Waals surface area contributed by atoms with Crippen LogP contribution < -0.4 is 0 Å². The average Bonchev–Trinajstić information content (AvgIpc) is 2.27. The quantitative estimate of drug-likeness (QED) is 0.924. The van der Waals surface area contributed by atoms with Crippen molar-refractivity contribution in [1.29, 1.82) is 0 Å². The van der Waals surface area contributed by atoms with E-state index in [2.05, 4.69) is 20.9 Å². The molecule has 0 fully saturated rings. The number of aliphatic hydroxyl groups excluding tert-OH is 1. The second-order valence-corrected chi connectivity index (χ2v) is 4.33. The van der Waals surface area contributed by atoms with Gasteiger partial charge in [0, 0.05) is 16.7 Å². The number of aromatic nitrogens is 1. The lowest BCUT2D eigenvalue weighted by Crippen LogP contribution is -2.04. The van der Waals surface area contributed by atoms with Crippen molar-refractivity contribution in [2.24, 2.45) is 0 Å². The molecule has 1 unspecified atom stereocenters. The summed E-state index contributed by atoms with van der Waals surface area (Å²) in [4.78, 5) is 3.97. The van der Waals surface area contributed by atoms with Crippen molar-refractivity contribution >= 4 is 15.9 Å². The number of nitrogens with zero attached hydrogens (tertiary/aromatic N) is 1. The number of hydrogen-bond donors (Lipinski definition) is 1. The zero-order chi connectivity index (χ0) is 12.4. The highest BCUT2D eigenvalue weighted by Gasteiger charge is 2.16. The highest BCUT2D eigenvalue weighted by molar-refractivity contribution is 9.10. The first-order valence-electron chi connectivity index (χ1n) is 4.82. The average molecular weight is 300 g/mol. The van der Waals surface area contributed by atoms with Gasteiger partial charge < -0.3 is 5.11 Å². The fourth-order valence-corrected chi connectivity index (χ4v) is 1.96. The molecule has 5 heteroatoms. The van der Waals surface area contributed by atoms with Gasteiger partial charge in [0.2, 0.25) is 0 Å². The van der Waals surface area contributed by atoms with Crippen LogP contribution in [0.2, 0.25) is 0 Å². The molecule has 1 aromatic carbocycles. The topological polar surface area (TPSA) is 33.1 Å². The van der Waals surface area contributed by atoms with Gasteiger partial charge in [0.15, 0.2) is 0 Å². The maximum Gasteiger partial charge on any atom is 0.126 e. The van der Waals surface area contributed by atoms with Crippen LogP contribution in [-0.4, -0.2) is 10.1 Å². The lowest BCUT2D eigenvalue weighted by Gasteiger charge is -2.12. The molecule has 17 heavy (non-hydrogen) atoms. The fourth-order valence-electron chi connectivity index (χ4n) is 1.49. The summed E-state index contributed by atoms with van der Waals surface area (Å²) in [7, 11) is 0. The zero-order valence-electron chi connectivity index (χ0n) is 8.57. The minimum atomic E-state index is -1.17. The van der Waals surface area contributed by atoms with E-state index in [1.165, 1.54) is 6.20 Å². The van der Waals surface area contributed by atoms with Gasteiger partial charge in [-0.3, -0.25) is 4.98 Å². The summed E-state index contributed by atoms with van der Waals surface area (Å²) in [5.74, 6) is -1.46. The van der Waals surface area contributed by atoms with Gasteiger partial charge >= 0.3 is 0 Å². The van der Waals surface area contributed by atoms with Gasteiger partial charge in [-0.15, -0.1) is 0 Å². The van der Waals surface area contributed by atoms with Crippen LogP contribution in [0.4, 0.5) is 8.78 Å². The third-order valence-electron chi connectivity index (χ3n) is 2.25. The molecule has 0 radical (unpaired) electrons. The second-order valence-electron chi connectivity index (χ2n) is 3.48. The molecule has 0 saturated heterocycles. The van der Waals surface area contributed by atoms with Crippen molar-refractivity contribution in [3.05, 3.63) is 63.9 Å². The van der Waals surface area contributed by atoms with Crippen LogP contribution in [0.3, 0.4) is 0 Å². The van der Waals surface area contributed by atoms with Gasteiger partial charge in [0.25, 0.3) is 0 Å². The van der Waals surface area contributed by atoms with Crippen molar-refractivity contribution in [2.75, 3.05) is 0 Å². The number of halogens is 3.